The van der Waals surface area contributed by atoms with Crippen molar-refractivity contribution in [3.05, 3.63) is 66.2 Å². The number of alkyl halides is 6. The summed E-state index contributed by atoms with van der Waals surface area (Å²) in [5, 5.41) is 5.59. The Morgan fingerprint density at radius 1 is 0.892 bits per heavy atom. The predicted molar refractivity (Wildman–Crippen MR) is 118 cm³/mol. The molecule has 0 bridgehead atoms. The highest BCUT2D eigenvalue weighted by atomic mass is 32.2. The first kappa shape index (κ1) is 29.2. The largest absolute Gasteiger partial charge is 0.470 e. The third-order valence-corrected chi connectivity index (χ3v) is 5.59. The van der Waals surface area contributed by atoms with Gasteiger partial charge in [0, 0.05) is 17.4 Å². The zero-order valence-electron chi connectivity index (χ0n) is 18.4. The molecule has 5 N–H and O–H groups in total. The molecule has 1 heterocycles. The van der Waals surface area contributed by atoms with Gasteiger partial charge in [0.15, 0.2) is 0 Å². The highest BCUT2D eigenvalue weighted by Crippen LogP contribution is 2.33. The molecule has 0 unspecified atom stereocenters. The molecule has 1 aromatic heterocycles. The number of aromatic nitrogens is 2. The Kier molecular flexibility index (Phi) is 8.99. The Labute approximate surface area is 205 Å². The topological polar surface area (TPSA) is 139 Å². The van der Waals surface area contributed by atoms with E-state index in [0.717, 1.165) is 6.07 Å². The lowest BCUT2D eigenvalue weighted by Gasteiger charge is -2.12. The van der Waals surface area contributed by atoms with E-state index in [2.05, 4.69) is 31.1 Å². The summed E-state index contributed by atoms with van der Waals surface area (Å²) in [6, 6.07) is 9.82. The lowest BCUT2D eigenvalue weighted by molar-refractivity contribution is -0.169. The monoisotopic (exact) mass is 554 g/mol. The second-order valence-corrected chi connectivity index (χ2v) is 8.71. The SMILES string of the molecule is CNS(=O)(=O)c1cccc(Nc2cc(Nc3ccc(C(F)(F)F)c(F)c3)ncn2)c1.NC(=O)C(F)(F)F. The normalized spacial score (nSPS) is 11.8. The van der Waals surface area contributed by atoms with Crippen molar-refractivity contribution in [2.24, 2.45) is 5.73 Å². The van der Waals surface area contributed by atoms with Crippen molar-refractivity contribution in [3.63, 3.8) is 0 Å². The Hall–Kier alpha value is -3.99. The lowest BCUT2D eigenvalue weighted by Crippen LogP contribution is -2.30. The maximum Gasteiger partial charge on any atom is 0.470 e. The number of nitrogens with two attached hydrogens (primary N) is 1. The van der Waals surface area contributed by atoms with Gasteiger partial charge in [-0.25, -0.2) is 27.5 Å². The fraction of sp³-hybridized carbons (Fsp3) is 0.150. The maximum atomic E-state index is 13.7. The van der Waals surface area contributed by atoms with Crippen LogP contribution in [-0.2, 0) is 21.0 Å². The Morgan fingerprint density at radius 3 is 1.89 bits per heavy atom. The molecule has 37 heavy (non-hydrogen) atoms. The molecule has 0 aliphatic carbocycles. The number of halogens is 7. The minimum atomic E-state index is -4.86. The molecule has 0 radical (unpaired) electrons. The number of sulfonamides is 1. The van der Waals surface area contributed by atoms with Crippen LogP contribution in [-0.4, -0.2) is 37.5 Å². The molecule has 9 nitrogen and oxygen atoms in total. The maximum absolute atomic E-state index is 13.7. The van der Waals surface area contributed by atoms with E-state index in [-0.39, 0.29) is 22.2 Å². The molecule has 0 atom stereocenters. The number of carbonyl (C=O) groups is 1. The second kappa shape index (κ2) is 11.4. The first-order valence-electron chi connectivity index (χ1n) is 9.66. The summed E-state index contributed by atoms with van der Waals surface area (Å²) in [5.41, 5.74) is 2.93. The van der Waals surface area contributed by atoms with Gasteiger partial charge in [0.2, 0.25) is 10.0 Å². The van der Waals surface area contributed by atoms with Crippen LogP contribution in [0.15, 0.2) is 59.8 Å². The van der Waals surface area contributed by atoms with Crippen molar-refractivity contribution >= 4 is 38.9 Å². The molecule has 2 aromatic carbocycles. The number of nitrogens with zero attached hydrogens (tertiary/aromatic N) is 2. The highest BCUT2D eigenvalue weighted by molar-refractivity contribution is 7.89. The minimum Gasteiger partial charge on any atom is -0.362 e. The third-order valence-electron chi connectivity index (χ3n) is 4.18. The summed E-state index contributed by atoms with van der Waals surface area (Å²) < 4.78 is 110. The van der Waals surface area contributed by atoms with Crippen LogP contribution in [0, 0.1) is 5.82 Å². The first-order valence-corrected chi connectivity index (χ1v) is 11.1. The smallest absolute Gasteiger partial charge is 0.362 e. The van der Waals surface area contributed by atoms with E-state index < -0.39 is 39.7 Å². The molecule has 0 fully saturated rings. The van der Waals surface area contributed by atoms with Gasteiger partial charge in [-0.3, -0.25) is 4.79 Å². The van der Waals surface area contributed by atoms with Gasteiger partial charge in [0.1, 0.15) is 23.8 Å². The third kappa shape index (κ3) is 8.57. The van der Waals surface area contributed by atoms with Crippen LogP contribution in [0.5, 0.6) is 0 Å². The number of benzene rings is 2. The number of primary amides is 1. The number of nitrogens with one attached hydrogen (secondary N) is 3. The fourth-order valence-electron chi connectivity index (χ4n) is 2.47. The molecule has 0 aliphatic heterocycles. The lowest BCUT2D eigenvalue weighted by atomic mass is 10.2. The van der Waals surface area contributed by atoms with E-state index in [9.17, 15) is 39.2 Å². The Morgan fingerprint density at radius 2 is 1.43 bits per heavy atom. The van der Waals surface area contributed by atoms with Crippen LogP contribution < -0.4 is 21.1 Å². The summed E-state index contributed by atoms with van der Waals surface area (Å²) in [5.74, 6) is -3.21. The van der Waals surface area contributed by atoms with E-state index in [0.29, 0.717) is 17.8 Å². The molecule has 17 heteroatoms. The van der Waals surface area contributed by atoms with Crippen LogP contribution in [0.3, 0.4) is 0 Å². The van der Waals surface area contributed by atoms with E-state index in [4.69, 9.17) is 4.79 Å². The van der Waals surface area contributed by atoms with Gasteiger partial charge in [-0.2, -0.15) is 26.3 Å². The van der Waals surface area contributed by atoms with Gasteiger partial charge < -0.3 is 16.4 Å². The van der Waals surface area contributed by atoms with Crippen LogP contribution in [0.1, 0.15) is 5.56 Å². The van der Waals surface area contributed by atoms with E-state index >= 15 is 0 Å². The van der Waals surface area contributed by atoms with Crippen molar-refractivity contribution < 1.29 is 43.9 Å². The Bertz CT molecular complexity index is 1370. The molecular formula is C20H17F7N6O3S. The molecule has 0 saturated heterocycles. The summed E-state index contributed by atoms with van der Waals surface area (Å²) in [4.78, 5) is 17.1. The number of hydrogen-bond donors (Lipinski definition) is 4. The Balaban J connectivity index is 0.000000604. The van der Waals surface area contributed by atoms with E-state index in [1.165, 1.54) is 37.6 Å². The predicted octanol–water partition coefficient (Wildman–Crippen LogP) is 4.06. The van der Waals surface area contributed by atoms with Crippen molar-refractivity contribution in [3.8, 4) is 0 Å². The van der Waals surface area contributed by atoms with Crippen molar-refractivity contribution in [2.45, 2.75) is 17.2 Å². The summed E-state index contributed by atoms with van der Waals surface area (Å²) in [6.07, 6.45) is -8.47. The fourth-order valence-corrected chi connectivity index (χ4v) is 3.25. The zero-order chi connectivity index (χ0) is 28.0. The van der Waals surface area contributed by atoms with Crippen molar-refractivity contribution in [1.29, 1.82) is 0 Å². The van der Waals surface area contributed by atoms with Gasteiger partial charge in [0.05, 0.1) is 10.5 Å². The van der Waals surface area contributed by atoms with Gasteiger partial charge >= 0.3 is 18.3 Å². The van der Waals surface area contributed by atoms with E-state index in [1.54, 1.807) is 6.07 Å². The molecule has 200 valence electrons. The van der Waals surface area contributed by atoms with E-state index in [1.807, 2.05) is 0 Å². The summed E-state index contributed by atoms with van der Waals surface area (Å²) in [7, 11) is -2.34. The van der Waals surface area contributed by atoms with Gasteiger partial charge in [0.25, 0.3) is 0 Å². The van der Waals surface area contributed by atoms with Crippen molar-refractivity contribution in [2.75, 3.05) is 17.7 Å². The van der Waals surface area contributed by atoms with Crippen LogP contribution in [0.4, 0.5) is 53.7 Å². The number of hydrogen-bond acceptors (Lipinski definition) is 7. The number of rotatable bonds is 6. The molecular weight excluding hydrogens is 537 g/mol. The average Bonchev–Trinajstić information content (AvgIpc) is 2.78. The molecule has 3 aromatic rings. The molecule has 0 spiro atoms. The molecule has 0 saturated carbocycles. The average molecular weight is 554 g/mol. The van der Waals surface area contributed by atoms with Crippen LogP contribution in [0.2, 0.25) is 0 Å². The quantitative estimate of drug-likeness (QED) is 0.337. The number of amides is 1. The molecule has 3 rings (SSSR count). The van der Waals surface area contributed by atoms with Gasteiger partial charge in [-0.05, 0) is 43.4 Å². The molecule has 1 amide bonds. The second-order valence-electron chi connectivity index (χ2n) is 6.83. The zero-order valence-corrected chi connectivity index (χ0v) is 19.3. The molecule has 0 aliphatic rings. The summed E-state index contributed by atoms with van der Waals surface area (Å²) in [6.45, 7) is 0. The standard InChI is InChI=1S/C18H15F4N5O2S.C2H2F3NO/c1-23-30(28,29)13-4-2-3-11(7-13)26-16-9-17(25-10-24-16)27-12-5-6-14(15(19)8-12)18(20,21)22;3-2(4,5)1(6)7/h2-10,23H,1H3,(H2,24,25,26,27);(H2,6,7). The number of anilines is 4. The highest BCUT2D eigenvalue weighted by Gasteiger charge is 2.35. The van der Waals surface area contributed by atoms with Gasteiger partial charge in [-0.1, -0.05) is 6.07 Å². The van der Waals surface area contributed by atoms with Crippen molar-refractivity contribution in [1.82, 2.24) is 14.7 Å². The minimum absolute atomic E-state index is 0.0441. The number of carbonyl (C=O) groups excluding carboxylic acids is 1. The summed E-state index contributed by atoms with van der Waals surface area (Å²) >= 11 is 0. The first-order chi connectivity index (χ1) is 17.0. The van der Waals surface area contributed by atoms with Crippen LogP contribution in [0.25, 0.3) is 0 Å². The van der Waals surface area contributed by atoms with Crippen LogP contribution >= 0.6 is 0 Å². The van der Waals surface area contributed by atoms with Gasteiger partial charge in [-0.15, -0.1) is 0 Å².